The quantitative estimate of drug-likeness (QED) is 0.292. The van der Waals surface area contributed by atoms with Gasteiger partial charge >= 0.3 is 0 Å². The molecule has 35 heavy (non-hydrogen) atoms. The summed E-state index contributed by atoms with van der Waals surface area (Å²) in [6, 6.07) is 18.9. The number of nitrogens with two attached hydrogens (primary N) is 1. The maximum Gasteiger partial charge on any atom is 0.294 e. The van der Waals surface area contributed by atoms with Crippen LogP contribution in [-0.2, 0) is 0 Å². The molecule has 1 aliphatic rings. The minimum absolute atomic E-state index is 0.0127. The molecule has 3 aromatic carbocycles. The Morgan fingerprint density at radius 2 is 1.91 bits per heavy atom. The Morgan fingerprint density at radius 3 is 2.80 bits per heavy atom. The van der Waals surface area contributed by atoms with Gasteiger partial charge in [-0.15, -0.1) is 5.10 Å². The summed E-state index contributed by atoms with van der Waals surface area (Å²) in [7, 11) is 0. The van der Waals surface area contributed by atoms with Crippen LogP contribution in [0.25, 0.3) is 27.8 Å². The van der Waals surface area contributed by atoms with E-state index in [1.807, 2.05) is 42.5 Å². The lowest BCUT2D eigenvalue weighted by Crippen LogP contribution is -2.19. The molecule has 0 aliphatic carbocycles. The smallest absolute Gasteiger partial charge is 0.294 e. The van der Waals surface area contributed by atoms with Crippen molar-refractivity contribution in [3.8, 4) is 28.6 Å². The first-order valence-corrected chi connectivity index (χ1v) is 10.4. The molecule has 0 saturated heterocycles. The molecule has 1 amide bonds. The van der Waals surface area contributed by atoms with Crippen LogP contribution in [0, 0.1) is 0 Å². The van der Waals surface area contributed by atoms with Crippen LogP contribution in [-0.4, -0.2) is 44.2 Å². The second-order valence-electron chi connectivity index (χ2n) is 7.51. The maximum atomic E-state index is 13.1. The molecule has 5 aromatic rings. The Balaban J connectivity index is 1.36. The van der Waals surface area contributed by atoms with Crippen LogP contribution in [0.5, 0.6) is 11.5 Å². The summed E-state index contributed by atoms with van der Waals surface area (Å²) in [4.78, 5) is 13.1. The third kappa shape index (κ3) is 3.58. The number of carbonyl (C=O) groups is 1. The first-order chi connectivity index (χ1) is 17.2. The average Bonchev–Trinajstić information content (AvgIpc) is 3.62. The van der Waals surface area contributed by atoms with Gasteiger partial charge in [-0.1, -0.05) is 47.7 Å². The molecule has 2 aromatic heterocycles. The predicted molar refractivity (Wildman–Crippen MR) is 124 cm³/mol. The lowest BCUT2D eigenvalue weighted by molar-refractivity contribution is 0.0950. The van der Waals surface area contributed by atoms with Gasteiger partial charge in [0.15, 0.2) is 17.2 Å². The Labute approximate surface area is 196 Å². The number of aromatic nitrogens is 5. The number of nitrogens with one attached hydrogen (secondary N) is 1. The molecular formula is C23H16N8O4. The molecule has 0 fully saturated rings. The van der Waals surface area contributed by atoms with Crippen molar-refractivity contribution in [1.82, 2.24) is 30.7 Å². The molecule has 0 bridgehead atoms. The van der Waals surface area contributed by atoms with Gasteiger partial charge in [0.2, 0.25) is 18.4 Å². The highest BCUT2D eigenvalue weighted by Gasteiger charge is 2.26. The van der Waals surface area contributed by atoms with E-state index >= 15 is 0 Å². The number of rotatable bonds is 5. The number of anilines is 1. The monoisotopic (exact) mass is 468 g/mol. The summed E-state index contributed by atoms with van der Waals surface area (Å²) in [6.45, 7) is 0.104. The van der Waals surface area contributed by atoms with Crippen molar-refractivity contribution in [3.63, 3.8) is 0 Å². The van der Waals surface area contributed by atoms with Crippen molar-refractivity contribution in [2.24, 2.45) is 5.10 Å². The van der Waals surface area contributed by atoms with E-state index in [4.69, 9.17) is 19.8 Å². The fourth-order valence-electron chi connectivity index (χ4n) is 3.80. The average molecular weight is 468 g/mol. The number of carbonyl (C=O) groups excluding carboxylic acids is 1. The highest BCUT2D eigenvalue weighted by atomic mass is 16.7. The topological polar surface area (TPSA) is 156 Å². The van der Waals surface area contributed by atoms with Gasteiger partial charge in [-0.25, -0.2) is 10.1 Å². The van der Waals surface area contributed by atoms with Crippen molar-refractivity contribution in [2.75, 3.05) is 12.5 Å². The molecule has 3 N–H and O–H groups in total. The number of nitrogens with zero attached hydrogens (tertiary/aromatic N) is 6. The van der Waals surface area contributed by atoms with Crippen LogP contribution in [0.15, 0.2) is 70.4 Å². The SMILES string of the molecule is Nc1nonc1-n1nnc(C(=O)NN=Cc2cccc3ccccc23)c1-c1ccc2c(c1)OCO2. The molecule has 12 heteroatoms. The van der Waals surface area contributed by atoms with E-state index in [1.165, 1.54) is 4.68 Å². The van der Waals surface area contributed by atoms with Crippen molar-refractivity contribution >= 4 is 28.7 Å². The lowest BCUT2D eigenvalue weighted by atomic mass is 10.1. The van der Waals surface area contributed by atoms with Gasteiger partial charge in [0.1, 0.15) is 5.69 Å². The summed E-state index contributed by atoms with van der Waals surface area (Å²) in [5, 5.41) is 21.7. The Hall–Kier alpha value is -5.26. The fraction of sp³-hybridized carbons (Fsp3) is 0.0435. The number of hydrogen-bond donors (Lipinski definition) is 2. The predicted octanol–water partition coefficient (Wildman–Crippen LogP) is 2.55. The standard InChI is InChI=1S/C23H16N8O4/c24-21-22(29-35-28-21)31-20(14-8-9-17-18(10-14)34-12-33-17)19(26-30-31)23(32)27-25-11-15-6-3-5-13-4-1-2-7-16(13)15/h1-11H,12H2,(H2,24,28)(H,27,32). The number of benzene rings is 3. The van der Waals surface area contributed by atoms with Crippen LogP contribution in [0.1, 0.15) is 16.1 Å². The number of hydrogen-bond acceptors (Lipinski definition) is 10. The second-order valence-corrected chi connectivity index (χ2v) is 7.51. The number of fused-ring (bicyclic) bond motifs is 2. The largest absolute Gasteiger partial charge is 0.454 e. The molecule has 12 nitrogen and oxygen atoms in total. The molecule has 1 aliphatic heterocycles. The van der Waals surface area contributed by atoms with Crippen LogP contribution in [0.4, 0.5) is 5.82 Å². The Kier molecular flexibility index (Phi) is 4.80. The van der Waals surface area contributed by atoms with Crippen LogP contribution in [0.3, 0.4) is 0 Å². The fourth-order valence-corrected chi connectivity index (χ4v) is 3.80. The van der Waals surface area contributed by atoms with Crippen LogP contribution in [0.2, 0.25) is 0 Å². The molecule has 0 unspecified atom stereocenters. The van der Waals surface area contributed by atoms with Gasteiger partial charge in [0.05, 0.1) is 6.21 Å². The number of ether oxygens (including phenoxy) is 2. The number of amides is 1. The molecule has 0 atom stereocenters. The van der Waals surface area contributed by atoms with E-state index in [9.17, 15) is 4.79 Å². The molecule has 3 heterocycles. The summed E-state index contributed by atoms with van der Waals surface area (Å²) < 4.78 is 16.8. The van der Waals surface area contributed by atoms with Crippen molar-refractivity contribution in [1.29, 1.82) is 0 Å². The molecule has 0 saturated carbocycles. The van der Waals surface area contributed by atoms with Crippen LogP contribution < -0.4 is 20.6 Å². The van der Waals surface area contributed by atoms with E-state index < -0.39 is 5.91 Å². The molecule has 6 rings (SSSR count). The van der Waals surface area contributed by atoms with Crippen molar-refractivity contribution in [2.45, 2.75) is 0 Å². The third-order valence-electron chi connectivity index (χ3n) is 5.42. The highest BCUT2D eigenvalue weighted by Crippen LogP contribution is 2.37. The van der Waals surface area contributed by atoms with Gasteiger partial charge in [0.25, 0.3) is 5.91 Å². The van der Waals surface area contributed by atoms with Gasteiger partial charge in [-0.3, -0.25) is 4.79 Å². The first-order valence-electron chi connectivity index (χ1n) is 10.4. The van der Waals surface area contributed by atoms with Gasteiger partial charge in [-0.05, 0) is 39.3 Å². The number of hydrazone groups is 1. The summed E-state index contributed by atoms with van der Waals surface area (Å²) in [6.07, 6.45) is 1.57. The molecule has 0 spiro atoms. The van der Waals surface area contributed by atoms with Gasteiger partial charge in [0, 0.05) is 11.1 Å². The molecule has 0 radical (unpaired) electrons. The van der Waals surface area contributed by atoms with E-state index in [2.05, 4.69) is 31.2 Å². The van der Waals surface area contributed by atoms with Crippen molar-refractivity contribution in [3.05, 3.63) is 71.9 Å². The van der Waals surface area contributed by atoms with Gasteiger partial charge < -0.3 is 15.2 Å². The van der Waals surface area contributed by atoms with E-state index in [0.717, 1.165) is 16.3 Å². The summed E-state index contributed by atoms with van der Waals surface area (Å²) >= 11 is 0. The summed E-state index contributed by atoms with van der Waals surface area (Å²) in [5.74, 6) is 0.583. The minimum atomic E-state index is -0.588. The third-order valence-corrected chi connectivity index (χ3v) is 5.42. The Morgan fingerprint density at radius 1 is 1.06 bits per heavy atom. The lowest BCUT2D eigenvalue weighted by Gasteiger charge is -2.07. The summed E-state index contributed by atoms with van der Waals surface area (Å²) in [5.41, 5.74) is 10.1. The zero-order valence-electron chi connectivity index (χ0n) is 18.0. The molecular weight excluding hydrogens is 452 g/mol. The van der Waals surface area contributed by atoms with Gasteiger partial charge in [-0.2, -0.15) is 9.78 Å². The van der Waals surface area contributed by atoms with E-state index in [1.54, 1.807) is 24.4 Å². The minimum Gasteiger partial charge on any atom is -0.454 e. The first kappa shape index (κ1) is 20.4. The number of nitrogen functional groups attached to an aromatic ring is 1. The zero-order chi connectivity index (χ0) is 23.8. The normalized spacial score (nSPS) is 12.5. The van der Waals surface area contributed by atoms with E-state index in [0.29, 0.717) is 22.8 Å². The highest BCUT2D eigenvalue weighted by molar-refractivity contribution is 6.01. The zero-order valence-corrected chi connectivity index (χ0v) is 18.0. The van der Waals surface area contributed by atoms with E-state index in [-0.39, 0.29) is 24.1 Å². The maximum absolute atomic E-state index is 13.1. The van der Waals surface area contributed by atoms with Crippen molar-refractivity contribution < 1.29 is 18.9 Å². The second kappa shape index (κ2) is 8.26. The Bertz CT molecular complexity index is 1600. The van der Waals surface area contributed by atoms with Crippen LogP contribution >= 0.6 is 0 Å². The molecule has 172 valence electrons.